The molecule has 1 saturated carbocycles. The first-order valence-corrected chi connectivity index (χ1v) is 8.55. The Kier molecular flexibility index (Phi) is 3.95. The van der Waals surface area contributed by atoms with Gasteiger partial charge in [-0.15, -0.1) is 0 Å². The van der Waals surface area contributed by atoms with Gasteiger partial charge in [-0.3, -0.25) is 0 Å². The van der Waals surface area contributed by atoms with Crippen LogP contribution in [-0.2, 0) is 0 Å². The first-order chi connectivity index (χ1) is 11.4. The molecule has 5 nitrogen and oxygen atoms in total. The number of nitrogens with one attached hydrogen (secondary N) is 1. The van der Waals surface area contributed by atoms with Gasteiger partial charge in [-0.1, -0.05) is 12.5 Å². The number of hydrogen-bond acceptors (Lipinski definition) is 4. The Labute approximate surface area is 137 Å². The summed E-state index contributed by atoms with van der Waals surface area (Å²) >= 11 is 0. The zero-order valence-corrected chi connectivity index (χ0v) is 13.7. The van der Waals surface area contributed by atoms with Crippen LogP contribution in [0.15, 0.2) is 30.5 Å². The first-order valence-electron chi connectivity index (χ1n) is 8.55. The van der Waals surface area contributed by atoms with Crippen molar-refractivity contribution in [1.82, 2.24) is 15.1 Å². The van der Waals surface area contributed by atoms with Crippen LogP contribution in [0.3, 0.4) is 0 Å². The van der Waals surface area contributed by atoms with Gasteiger partial charge in [-0.2, -0.15) is 5.10 Å². The van der Waals surface area contributed by atoms with Crippen molar-refractivity contribution in [3.63, 3.8) is 0 Å². The van der Waals surface area contributed by atoms with Crippen LogP contribution >= 0.6 is 0 Å². The fourth-order valence-electron chi connectivity index (χ4n) is 3.51. The number of ether oxygens (including phenoxy) is 1. The maximum Gasteiger partial charge on any atom is 0.121 e. The van der Waals surface area contributed by atoms with Crippen molar-refractivity contribution in [3.8, 4) is 11.4 Å². The van der Waals surface area contributed by atoms with Crippen LogP contribution < -0.4 is 15.0 Å². The Morgan fingerprint density at radius 2 is 2.04 bits per heavy atom. The van der Waals surface area contributed by atoms with Crippen LogP contribution in [0.4, 0.5) is 5.69 Å². The number of methoxy groups -OCH3 is 1. The summed E-state index contributed by atoms with van der Waals surface area (Å²) in [7, 11) is 1.71. The van der Waals surface area contributed by atoms with Gasteiger partial charge in [0.15, 0.2) is 0 Å². The monoisotopic (exact) mass is 312 g/mol. The summed E-state index contributed by atoms with van der Waals surface area (Å²) < 4.78 is 7.51. The lowest BCUT2D eigenvalue weighted by atomic mass is 9.82. The molecule has 23 heavy (non-hydrogen) atoms. The van der Waals surface area contributed by atoms with Crippen molar-refractivity contribution in [2.24, 2.45) is 0 Å². The summed E-state index contributed by atoms with van der Waals surface area (Å²) in [5.41, 5.74) is 3.79. The second-order valence-corrected chi connectivity index (χ2v) is 6.39. The Morgan fingerprint density at radius 3 is 2.74 bits per heavy atom. The van der Waals surface area contributed by atoms with E-state index in [0.717, 1.165) is 37.6 Å². The highest BCUT2D eigenvalue weighted by Gasteiger charge is 2.29. The number of anilines is 1. The van der Waals surface area contributed by atoms with E-state index in [0.29, 0.717) is 5.92 Å². The highest BCUT2D eigenvalue weighted by molar-refractivity contribution is 5.55. The third-order valence-corrected chi connectivity index (χ3v) is 5.03. The lowest BCUT2D eigenvalue weighted by molar-refractivity contribution is 0.401. The third kappa shape index (κ3) is 2.70. The first kappa shape index (κ1) is 14.6. The molecule has 1 aromatic heterocycles. The molecule has 122 valence electrons. The van der Waals surface area contributed by atoms with Crippen LogP contribution in [-0.4, -0.2) is 43.1 Å². The number of rotatable bonds is 4. The molecule has 0 unspecified atom stereocenters. The van der Waals surface area contributed by atoms with Gasteiger partial charge in [0, 0.05) is 38.2 Å². The Morgan fingerprint density at radius 1 is 1.22 bits per heavy atom. The van der Waals surface area contributed by atoms with Crippen molar-refractivity contribution in [1.29, 1.82) is 0 Å². The summed E-state index contributed by atoms with van der Waals surface area (Å²) in [4.78, 5) is 2.48. The lowest BCUT2D eigenvalue weighted by Gasteiger charge is -2.33. The van der Waals surface area contributed by atoms with Gasteiger partial charge in [-0.05, 0) is 25.0 Å². The van der Waals surface area contributed by atoms with Gasteiger partial charge in [0.25, 0.3) is 0 Å². The van der Waals surface area contributed by atoms with Gasteiger partial charge in [0.05, 0.1) is 30.4 Å². The van der Waals surface area contributed by atoms with Crippen LogP contribution in [0.5, 0.6) is 5.75 Å². The SMILES string of the molecule is COc1cccc(-n2ncc(N3CCNCC3)c2C2CCC2)c1. The number of aromatic nitrogens is 2. The minimum absolute atomic E-state index is 0.633. The third-order valence-electron chi connectivity index (χ3n) is 5.03. The Hall–Kier alpha value is -2.01. The molecular weight excluding hydrogens is 288 g/mol. The maximum absolute atomic E-state index is 5.38. The lowest BCUT2D eigenvalue weighted by Crippen LogP contribution is -2.44. The van der Waals surface area contributed by atoms with Crippen molar-refractivity contribution in [2.45, 2.75) is 25.2 Å². The van der Waals surface area contributed by atoms with Gasteiger partial charge in [0.1, 0.15) is 5.75 Å². The zero-order valence-electron chi connectivity index (χ0n) is 13.7. The molecule has 5 heteroatoms. The molecule has 2 aromatic rings. The standard InChI is InChI=1S/C18H24N4O/c1-23-16-7-3-6-15(12-16)22-18(14-4-2-5-14)17(13-20-22)21-10-8-19-9-11-21/h3,6-7,12-14,19H,2,4-5,8-11H2,1H3. The normalized spacial score (nSPS) is 18.7. The van der Waals surface area contributed by atoms with Crippen LogP contribution in [0.1, 0.15) is 30.9 Å². The number of hydrogen-bond donors (Lipinski definition) is 1. The Bertz CT molecular complexity index is 671. The minimum Gasteiger partial charge on any atom is -0.497 e. The van der Waals surface area contributed by atoms with Crippen molar-refractivity contribution in [3.05, 3.63) is 36.2 Å². The quantitative estimate of drug-likeness (QED) is 0.942. The molecule has 4 rings (SSSR count). The van der Waals surface area contributed by atoms with Gasteiger partial charge in [0.2, 0.25) is 0 Å². The molecule has 0 amide bonds. The van der Waals surface area contributed by atoms with E-state index >= 15 is 0 Å². The van der Waals surface area contributed by atoms with Crippen LogP contribution in [0.25, 0.3) is 5.69 Å². The average Bonchev–Trinajstić information content (AvgIpc) is 2.98. The van der Waals surface area contributed by atoms with E-state index in [1.807, 2.05) is 12.1 Å². The molecule has 1 aliphatic carbocycles. The van der Waals surface area contributed by atoms with Gasteiger partial charge in [-0.25, -0.2) is 4.68 Å². The van der Waals surface area contributed by atoms with E-state index in [1.165, 1.54) is 30.6 Å². The summed E-state index contributed by atoms with van der Waals surface area (Å²) in [6, 6.07) is 8.19. The maximum atomic E-state index is 5.38. The van der Waals surface area contributed by atoms with Gasteiger partial charge >= 0.3 is 0 Å². The number of nitrogens with zero attached hydrogens (tertiary/aromatic N) is 3. The van der Waals surface area contributed by atoms with Crippen molar-refractivity contribution in [2.75, 3.05) is 38.2 Å². The molecule has 0 spiro atoms. The Balaban J connectivity index is 1.75. The van der Waals surface area contributed by atoms with E-state index < -0.39 is 0 Å². The average molecular weight is 312 g/mol. The van der Waals surface area contributed by atoms with Crippen LogP contribution in [0, 0.1) is 0 Å². The molecule has 1 saturated heterocycles. The second kappa shape index (κ2) is 6.24. The van der Waals surface area contributed by atoms with Gasteiger partial charge < -0.3 is 15.0 Å². The second-order valence-electron chi connectivity index (χ2n) is 6.39. The molecule has 2 fully saturated rings. The predicted octanol–water partition coefficient (Wildman–Crippen LogP) is 2.56. The molecule has 0 bridgehead atoms. The molecule has 0 radical (unpaired) electrons. The minimum atomic E-state index is 0.633. The van der Waals surface area contributed by atoms with Crippen LogP contribution in [0.2, 0.25) is 0 Å². The van der Waals surface area contributed by atoms with E-state index in [2.05, 4.69) is 33.2 Å². The van der Waals surface area contributed by atoms with E-state index in [9.17, 15) is 0 Å². The topological polar surface area (TPSA) is 42.3 Å². The number of piperazine rings is 1. The largest absolute Gasteiger partial charge is 0.497 e. The zero-order chi connectivity index (χ0) is 15.6. The highest BCUT2D eigenvalue weighted by Crippen LogP contribution is 2.42. The molecule has 1 aliphatic heterocycles. The molecule has 2 heterocycles. The summed E-state index contributed by atoms with van der Waals surface area (Å²) in [5, 5.41) is 8.17. The smallest absolute Gasteiger partial charge is 0.121 e. The molecular formula is C18H24N4O. The number of benzene rings is 1. The van der Waals surface area contributed by atoms with Crippen molar-refractivity contribution >= 4 is 5.69 Å². The van der Waals surface area contributed by atoms with E-state index in [4.69, 9.17) is 9.84 Å². The van der Waals surface area contributed by atoms with Crippen molar-refractivity contribution < 1.29 is 4.74 Å². The fourth-order valence-corrected chi connectivity index (χ4v) is 3.51. The summed E-state index contributed by atoms with van der Waals surface area (Å²) in [5.74, 6) is 1.51. The van der Waals surface area contributed by atoms with E-state index in [1.54, 1.807) is 7.11 Å². The highest BCUT2D eigenvalue weighted by atomic mass is 16.5. The molecule has 1 aromatic carbocycles. The van der Waals surface area contributed by atoms with E-state index in [-0.39, 0.29) is 0 Å². The summed E-state index contributed by atoms with van der Waals surface area (Å²) in [6.45, 7) is 4.22. The molecule has 1 N–H and O–H groups in total. The molecule has 2 aliphatic rings. The summed E-state index contributed by atoms with van der Waals surface area (Å²) in [6.07, 6.45) is 5.93. The predicted molar refractivity (Wildman–Crippen MR) is 91.8 cm³/mol. The fraction of sp³-hybridized carbons (Fsp3) is 0.500. The molecule has 0 atom stereocenters.